The third kappa shape index (κ3) is 3.90. The Hall–Kier alpha value is -2.67. The third-order valence-electron chi connectivity index (χ3n) is 2.56. The summed E-state index contributed by atoms with van der Waals surface area (Å²) in [6.45, 7) is 0. The fourth-order valence-electron chi connectivity index (χ4n) is 1.61. The Morgan fingerprint density at radius 2 is 2.10 bits per heavy atom. The number of benzene rings is 1. The Morgan fingerprint density at radius 3 is 2.76 bits per heavy atom. The number of amides is 1. The standard InChI is InChI=1S/C14H12N2O4S/c1-20-12-5-3-2-4-11(12)15-13(17)8-6-10-7-9-14(21-10)16(18)19/h2-9H,1H3,(H,15,17)/b8-6+. The molecule has 0 unspecified atom stereocenters. The van der Waals surface area contributed by atoms with E-state index in [1.54, 1.807) is 30.3 Å². The molecule has 0 aliphatic rings. The highest BCUT2D eigenvalue weighted by molar-refractivity contribution is 7.16. The van der Waals surface area contributed by atoms with Gasteiger partial charge in [-0.15, -0.1) is 0 Å². The molecule has 1 aromatic heterocycles. The van der Waals surface area contributed by atoms with Crippen molar-refractivity contribution in [3.8, 4) is 5.75 Å². The van der Waals surface area contributed by atoms with E-state index in [0.29, 0.717) is 16.3 Å². The number of nitro groups is 1. The first-order valence-corrected chi connectivity index (χ1v) is 6.78. The third-order valence-corrected chi connectivity index (χ3v) is 3.56. The van der Waals surface area contributed by atoms with Crippen molar-refractivity contribution in [2.75, 3.05) is 12.4 Å². The summed E-state index contributed by atoms with van der Waals surface area (Å²) in [6.07, 6.45) is 2.85. The number of para-hydroxylation sites is 2. The maximum atomic E-state index is 11.8. The highest BCUT2D eigenvalue weighted by Crippen LogP contribution is 2.25. The lowest BCUT2D eigenvalue weighted by molar-refractivity contribution is -0.380. The van der Waals surface area contributed by atoms with E-state index in [1.165, 1.54) is 25.3 Å². The van der Waals surface area contributed by atoms with Gasteiger partial charge in [0.2, 0.25) is 5.91 Å². The van der Waals surface area contributed by atoms with Crippen LogP contribution in [0.2, 0.25) is 0 Å². The molecule has 0 aliphatic carbocycles. The van der Waals surface area contributed by atoms with E-state index in [1.807, 2.05) is 0 Å². The highest BCUT2D eigenvalue weighted by atomic mass is 32.1. The van der Waals surface area contributed by atoms with Gasteiger partial charge in [0.05, 0.1) is 17.7 Å². The number of thiophene rings is 1. The molecule has 1 heterocycles. The predicted molar refractivity (Wildman–Crippen MR) is 81.6 cm³/mol. The number of nitrogens with one attached hydrogen (secondary N) is 1. The van der Waals surface area contributed by atoms with Gasteiger partial charge in [0.1, 0.15) is 5.75 Å². The number of ether oxygens (including phenoxy) is 1. The SMILES string of the molecule is COc1ccccc1NC(=O)/C=C/c1ccc([N+](=O)[O-])s1. The van der Waals surface area contributed by atoms with Gasteiger partial charge in [-0.25, -0.2) is 0 Å². The maximum Gasteiger partial charge on any atom is 0.324 e. The smallest absolute Gasteiger partial charge is 0.324 e. The highest BCUT2D eigenvalue weighted by Gasteiger charge is 2.08. The van der Waals surface area contributed by atoms with Gasteiger partial charge >= 0.3 is 5.00 Å². The Kier molecular flexibility index (Phi) is 4.68. The topological polar surface area (TPSA) is 81.5 Å². The van der Waals surface area contributed by atoms with Gasteiger partial charge in [-0.05, 0) is 24.3 Å². The first-order valence-electron chi connectivity index (χ1n) is 5.96. The molecule has 0 spiro atoms. The van der Waals surface area contributed by atoms with Crippen LogP contribution in [0.5, 0.6) is 5.75 Å². The van der Waals surface area contributed by atoms with Crippen molar-refractivity contribution >= 4 is 34.0 Å². The van der Waals surface area contributed by atoms with Crippen molar-refractivity contribution < 1.29 is 14.5 Å². The average Bonchev–Trinajstić information content (AvgIpc) is 2.95. The zero-order valence-corrected chi connectivity index (χ0v) is 11.9. The van der Waals surface area contributed by atoms with E-state index >= 15 is 0 Å². The summed E-state index contributed by atoms with van der Waals surface area (Å²) >= 11 is 1.01. The first-order chi connectivity index (χ1) is 10.1. The molecule has 0 saturated carbocycles. The Bertz CT molecular complexity index is 694. The van der Waals surface area contributed by atoms with Crippen molar-refractivity contribution in [3.05, 3.63) is 57.5 Å². The zero-order chi connectivity index (χ0) is 15.2. The van der Waals surface area contributed by atoms with E-state index in [4.69, 9.17) is 4.74 Å². The molecule has 2 aromatic rings. The molecule has 0 fully saturated rings. The second-order valence-corrected chi connectivity index (χ2v) is 5.05. The summed E-state index contributed by atoms with van der Waals surface area (Å²) in [5.74, 6) is 0.224. The Balaban J connectivity index is 2.03. The van der Waals surface area contributed by atoms with Crippen LogP contribution in [0, 0.1) is 10.1 Å². The van der Waals surface area contributed by atoms with E-state index < -0.39 is 4.92 Å². The molecule has 1 amide bonds. The van der Waals surface area contributed by atoms with E-state index in [2.05, 4.69) is 5.32 Å². The summed E-state index contributed by atoms with van der Waals surface area (Å²) in [5, 5.41) is 13.3. The van der Waals surface area contributed by atoms with Crippen molar-refractivity contribution in [1.29, 1.82) is 0 Å². The summed E-state index contributed by atoms with van der Waals surface area (Å²) in [4.78, 5) is 22.5. The van der Waals surface area contributed by atoms with Crippen molar-refractivity contribution in [3.63, 3.8) is 0 Å². The molecule has 0 atom stereocenters. The normalized spacial score (nSPS) is 10.5. The second kappa shape index (κ2) is 6.67. The van der Waals surface area contributed by atoms with Crippen LogP contribution in [-0.2, 0) is 4.79 Å². The van der Waals surface area contributed by atoms with Crippen LogP contribution >= 0.6 is 11.3 Å². The fourth-order valence-corrected chi connectivity index (χ4v) is 2.33. The minimum Gasteiger partial charge on any atom is -0.495 e. The fraction of sp³-hybridized carbons (Fsp3) is 0.0714. The molecular weight excluding hydrogens is 292 g/mol. The molecule has 2 rings (SSSR count). The number of nitrogens with zero attached hydrogens (tertiary/aromatic N) is 1. The van der Waals surface area contributed by atoms with Gasteiger partial charge < -0.3 is 10.1 Å². The maximum absolute atomic E-state index is 11.8. The van der Waals surface area contributed by atoms with Crippen LogP contribution in [0.3, 0.4) is 0 Å². The van der Waals surface area contributed by atoms with Crippen LogP contribution in [0.1, 0.15) is 4.88 Å². The van der Waals surface area contributed by atoms with Gasteiger partial charge in [-0.3, -0.25) is 14.9 Å². The van der Waals surface area contributed by atoms with Gasteiger partial charge in [-0.2, -0.15) is 0 Å². The van der Waals surface area contributed by atoms with E-state index in [-0.39, 0.29) is 10.9 Å². The van der Waals surface area contributed by atoms with Gasteiger partial charge in [0, 0.05) is 17.0 Å². The summed E-state index contributed by atoms with van der Waals surface area (Å²) in [5.41, 5.74) is 0.562. The number of hydrogen-bond donors (Lipinski definition) is 1. The van der Waals surface area contributed by atoms with Gasteiger partial charge in [0.25, 0.3) is 0 Å². The summed E-state index contributed by atoms with van der Waals surface area (Å²) in [7, 11) is 1.52. The minimum absolute atomic E-state index is 0.0415. The number of anilines is 1. The predicted octanol–water partition coefficient (Wildman–Crippen LogP) is 3.32. The van der Waals surface area contributed by atoms with E-state index in [9.17, 15) is 14.9 Å². The molecule has 1 N–H and O–H groups in total. The second-order valence-electron chi connectivity index (χ2n) is 3.96. The van der Waals surface area contributed by atoms with Crippen LogP contribution < -0.4 is 10.1 Å². The van der Waals surface area contributed by atoms with Crippen molar-refractivity contribution in [2.24, 2.45) is 0 Å². The molecule has 6 nitrogen and oxygen atoms in total. The molecule has 0 radical (unpaired) electrons. The number of methoxy groups -OCH3 is 1. The Morgan fingerprint density at radius 1 is 1.33 bits per heavy atom. The average molecular weight is 304 g/mol. The van der Waals surface area contributed by atoms with Crippen LogP contribution in [0.25, 0.3) is 6.08 Å². The van der Waals surface area contributed by atoms with Gasteiger partial charge in [0.15, 0.2) is 0 Å². The quantitative estimate of drug-likeness (QED) is 0.522. The lowest BCUT2D eigenvalue weighted by atomic mass is 10.3. The zero-order valence-electron chi connectivity index (χ0n) is 11.1. The number of hydrogen-bond acceptors (Lipinski definition) is 5. The van der Waals surface area contributed by atoms with Crippen LogP contribution in [-0.4, -0.2) is 17.9 Å². The molecule has 7 heteroatoms. The molecular formula is C14H12N2O4S. The largest absolute Gasteiger partial charge is 0.495 e. The van der Waals surface area contributed by atoms with Crippen molar-refractivity contribution in [1.82, 2.24) is 0 Å². The molecule has 0 aliphatic heterocycles. The monoisotopic (exact) mass is 304 g/mol. The van der Waals surface area contributed by atoms with E-state index in [0.717, 1.165) is 11.3 Å². The van der Waals surface area contributed by atoms with Crippen LogP contribution in [0.4, 0.5) is 10.7 Å². The molecule has 1 aromatic carbocycles. The Labute approximate surface area is 124 Å². The molecule has 21 heavy (non-hydrogen) atoms. The van der Waals surface area contributed by atoms with Crippen molar-refractivity contribution in [2.45, 2.75) is 0 Å². The summed E-state index contributed by atoms with van der Waals surface area (Å²) in [6, 6.07) is 10.0. The van der Waals surface area contributed by atoms with Crippen LogP contribution in [0.15, 0.2) is 42.5 Å². The first kappa shape index (κ1) is 14.7. The number of rotatable bonds is 5. The molecule has 0 saturated heterocycles. The molecule has 0 bridgehead atoms. The summed E-state index contributed by atoms with van der Waals surface area (Å²) < 4.78 is 5.13. The lowest BCUT2D eigenvalue weighted by Crippen LogP contribution is -2.08. The number of carbonyl (C=O) groups excluding carboxylic acids is 1. The van der Waals surface area contributed by atoms with Gasteiger partial charge in [-0.1, -0.05) is 23.5 Å². The molecule has 108 valence electrons. The minimum atomic E-state index is -0.461. The number of carbonyl (C=O) groups is 1. The lowest BCUT2D eigenvalue weighted by Gasteiger charge is -2.07.